The molecule has 19 heavy (non-hydrogen) atoms. The van der Waals surface area contributed by atoms with Crippen molar-refractivity contribution in [1.82, 2.24) is 14.9 Å². The highest BCUT2D eigenvalue weighted by Gasteiger charge is 2.49. The first-order valence-corrected chi connectivity index (χ1v) is 6.71. The van der Waals surface area contributed by atoms with E-state index >= 15 is 0 Å². The highest BCUT2D eigenvalue weighted by Crippen LogP contribution is 2.49. The zero-order valence-electron chi connectivity index (χ0n) is 9.78. The number of pyridine rings is 1. The number of rotatable bonds is 0. The molecule has 4 nitrogen and oxygen atoms in total. The molecule has 1 N–H and O–H groups in total. The summed E-state index contributed by atoms with van der Waals surface area (Å²) in [5.74, 6) is -0.114. The number of halogens is 2. The zero-order chi connectivity index (χ0) is 13.2. The number of nitrogens with zero attached hydrogens (tertiary/aromatic N) is 2. The van der Waals surface area contributed by atoms with Gasteiger partial charge < -0.3 is 9.88 Å². The number of carbonyl (C=O) groups excluding carboxylic acids is 1. The molecular formula is C13H9Cl2N3O. The largest absolute Gasteiger partial charge is 0.341 e. The smallest absolute Gasteiger partial charge is 0.269 e. The number of fused-ring (bicyclic) bond motifs is 4. The second-order valence-corrected chi connectivity index (χ2v) is 5.80. The van der Waals surface area contributed by atoms with Gasteiger partial charge in [-0.15, -0.1) is 0 Å². The first-order valence-electron chi connectivity index (χ1n) is 5.96. The molecule has 0 aromatic carbocycles. The third-order valence-electron chi connectivity index (χ3n) is 3.75. The molecular weight excluding hydrogens is 285 g/mol. The summed E-state index contributed by atoms with van der Waals surface area (Å²) in [4.78, 5) is 16.4. The summed E-state index contributed by atoms with van der Waals surface area (Å²) < 4.78 is 1.79. The first kappa shape index (κ1) is 11.3. The van der Waals surface area contributed by atoms with Gasteiger partial charge in [0.25, 0.3) is 5.91 Å². The van der Waals surface area contributed by atoms with E-state index < -0.39 is 0 Å². The topological polar surface area (TPSA) is 46.9 Å². The first-order chi connectivity index (χ1) is 9.09. The summed E-state index contributed by atoms with van der Waals surface area (Å²) in [6.07, 6.45) is 5.32. The fourth-order valence-corrected chi connectivity index (χ4v) is 3.01. The Morgan fingerprint density at radius 3 is 2.84 bits per heavy atom. The quantitative estimate of drug-likeness (QED) is 0.759. The highest BCUT2D eigenvalue weighted by molar-refractivity contribution is 6.31. The minimum Gasteiger partial charge on any atom is -0.341 e. The fraction of sp³-hybridized carbons (Fsp3) is 0.231. The van der Waals surface area contributed by atoms with Gasteiger partial charge in [-0.05, 0) is 25.0 Å². The Morgan fingerprint density at radius 1 is 1.32 bits per heavy atom. The van der Waals surface area contributed by atoms with Crippen LogP contribution in [-0.2, 0) is 5.54 Å². The van der Waals surface area contributed by atoms with Gasteiger partial charge >= 0.3 is 0 Å². The number of amides is 1. The van der Waals surface area contributed by atoms with Crippen LogP contribution < -0.4 is 5.32 Å². The monoisotopic (exact) mass is 293 g/mol. The maximum absolute atomic E-state index is 12.3. The van der Waals surface area contributed by atoms with Crippen LogP contribution in [0.25, 0.3) is 5.69 Å². The van der Waals surface area contributed by atoms with Crippen LogP contribution in [0.15, 0.2) is 24.5 Å². The zero-order valence-corrected chi connectivity index (χ0v) is 11.3. The second kappa shape index (κ2) is 3.52. The minimum atomic E-state index is -0.282. The van der Waals surface area contributed by atoms with Crippen molar-refractivity contribution in [3.8, 4) is 5.69 Å². The van der Waals surface area contributed by atoms with Gasteiger partial charge in [-0.1, -0.05) is 23.2 Å². The van der Waals surface area contributed by atoms with Gasteiger partial charge in [0.1, 0.15) is 10.8 Å². The lowest BCUT2D eigenvalue weighted by atomic mass is 10.1. The minimum absolute atomic E-state index is 0.114. The molecule has 0 unspecified atom stereocenters. The van der Waals surface area contributed by atoms with E-state index in [1.165, 1.54) is 0 Å². The maximum Gasteiger partial charge on any atom is 0.269 e. The number of carbonyl (C=O) groups is 1. The van der Waals surface area contributed by atoms with Gasteiger partial charge in [-0.2, -0.15) is 0 Å². The molecule has 1 spiro atoms. The molecule has 3 heterocycles. The summed E-state index contributed by atoms with van der Waals surface area (Å²) in [5, 5.41) is 4.00. The van der Waals surface area contributed by atoms with Crippen molar-refractivity contribution < 1.29 is 4.79 Å². The molecule has 1 saturated carbocycles. The molecule has 1 amide bonds. The van der Waals surface area contributed by atoms with E-state index in [0.29, 0.717) is 15.9 Å². The van der Waals surface area contributed by atoms with Crippen LogP contribution in [0.1, 0.15) is 28.9 Å². The van der Waals surface area contributed by atoms with Crippen molar-refractivity contribution in [3.63, 3.8) is 0 Å². The number of hydrogen-bond acceptors (Lipinski definition) is 2. The molecule has 4 rings (SSSR count). The SMILES string of the molecule is O=C1NC2(CC2)c2cnc(Cl)cc2-n2cc(Cl)cc21. The van der Waals surface area contributed by atoms with E-state index in [1.54, 1.807) is 29.1 Å². The molecule has 1 aliphatic heterocycles. The van der Waals surface area contributed by atoms with Crippen LogP contribution in [0.4, 0.5) is 0 Å². The van der Waals surface area contributed by atoms with Gasteiger partial charge in [0.15, 0.2) is 0 Å². The van der Waals surface area contributed by atoms with Crippen LogP contribution in [0, 0.1) is 0 Å². The molecule has 1 fully saturated rings. The van der Waals surface area contributed by atoms with E-state index in [4.69, 9.17) is 23.2 Å². The summed E-state index contributed by atoms with van der Waals surface area (Å²) in [5.41, 5.74) is 2.11. The average Bonchev–Trinajstić information content (AvgIpc) is 3.04. The Balaban J connectivity index is 2.06. The van der Waals surface area contributed by atoms with Crippen molar-refractivity contribution in [2.75, 3.05) is 0 Å². The maximum atomic E-state index is 12.3. The van der Waals surface area contributed by atoms with Crippen LogP contribution >= 0.6 is 23.2 Å². The average molecular weight is 294 g/mol. The number of aromatic nitrogens is 2. The Hall–Kier alpha value is -1.52. The van der Waals surface area contributed by atoms with E-state index in [1.807, 2.05) is 0 Å². The summed E-state index contributed by atoms with van der Waals surface area (Å²) in [7, 11) is 0. The van der Waals surface area contributed by atoms with Crippen LogP contribution in [-0.4, -0.2) is 15.5 Å². The molecule has 0 atom stereocenters. The molecule has 6 heteroatoms. The van der Waals surface area contributed by atoms with Gasteiger partial charge in [0.2, 0.25) is 0 Å². The molecule has 2 aliphatic rings. The van der Waals surface area contributed by atoms with Crippen molar-refractivity contribution in [1.29, 1.82) is 0 Å². The van der Waals surface area contributed by atoms with Gasteiger partial charge in [0, 0.05) is 18.0 Å². The van der Waals surface area contributed by atoms with Crippen molar-refractivity contribution >= 4 is 29.1 Å². The Labute approximate surface area is 119 Å². The Bertz CT molecular complexity index is 719. The molecule has 2 aromatic rings. The van der Waals surface area contributed by atoms with Crippen LogP contribution in [0.5, 0.6) is 0 Å². The predicted molar refractivity (Wildman–Crippen MR) is 72.0 cm³/mol. The van der Waals surface area contributed by atoms with Crippen molar-refractivity contribution in [2.45, 2.75) is 18.4 Å². The van der Waals surface area contributed by atoms with E-state index in [-0.39, 0.29) is 11.4 Å². The van der Waals surface area contributed by atoms with Gasteiger partial charge in [0.05, 0.1) is 16.2 Å². The van der Waals surface area contributed by atoms with E-state index in [2.05, 4.69) is 10.3 Å². The standard InChI is InChI=1S/C13H9Cl2N3O/c14-7-3-10-12(19)17-13(1-2-13)8-5-16-11(15)4-9(8)18(10)6-7/h3-6H,1-2H2,(H,17,19). The third kappa shape index (κ3) is 1.53. The molecule has 0 saturated heterocycles. The van der Waals surface area contributed by atoms with Crippen molar-refractivity contribution in [2.24, 2.45) is 0 Å². The third-order valence-corrected chi connectivity index (χ3v) is 4.16. The molecule has 0 radical (unpaired) electrons. The number of nitrogens with one attached hydrogen (secondary N) is 1. The normalized spacial score (nSPS) is 18.5. The lowest BCUT2D eigenvalue weighted by molar-refractivity contribution is 0.0927. The predicted octanol–water partition coefficient (Wildman–Crippen LogP) is 2.91. The van der Waals surface area contributed by atoms with Crippen LogP contribution in [0.3, 0.4) is 0 Å². The van der Waals surface area contributed by atoms with Gasteiger partial charge in [-0.25, -0.2) is 4.98 Å². The molecule has 1 aliphatic carbocycles. The Kier molecular flexibility index (Phi) is 2.10. The second-order valence-electron chi connectivity index (χ2n) is 4.97. The van der Waals surface area contributed by atoms with E-state index in [9.17, 15) is 4.79 Å². The lowest BCUT2D eigenvalue weighted by Gasteiger charge is -2.16. The van der Waals surface area contributed by atoms with E-state index in [0.717, 1.165) is 24.1 Å². The molecule has 0 bridgehead atoms. The summed E-state index contributed by atoms with van der Waals surface area (Å²) in [6, 6.07) is 3.44. The molecule has 2 aromatic heterocycles. The van der Waals surface area contributed by atoms with Crippen molar-refractivity contribution in [3.05, 3.63) is 46.0 Å². The fourth-order valence-electron chi connectivity index (χ4n) is 2.66. The Morgan fingerprint density at radius 2 is 2.11 bits per heavy atom. The lowest BCUT2D eigenvalue weighted by Crippen LogP contribution is -2.33. The van der Waals surface area contributed by atoms with Gasteiger partial charge in [-0.3, -0.25) is 4.79 Å². The summed E-state index contributed by atoms with van der Waals surface area (Å²) >= 11 is 12.0. The molecule has 96 valence electrons. The van der Waals surface area contributed by atoms with Crippen LogP contribution in [0.2, 0.25) is 10.2 Å². The summed E-state index contributed by atoms with van der Waals surface area (Å²) in [6.45, 7) is 0. The highest BCUT2D eigenvalue weighted by atomic mass is 35.5. The number of hydrogen-bond donors (Lipinski definition) is 1.